The fourth-order valence-electron chi connectivity index (χ4n) is 4.18. The summed E-state index contributed by atoms with van der Waals surface area (Å²) in [6, 6.07) is 0. The van der Waals surface area contributed by atoms with E-state index in [0.717, 1.165) is 32.4 Å². The molecule has 3 rings (SSSR count). The first-order chi connectivity index (χ1) is 9.20. The molecule has 1 atom stereocenters. The van der Waals surface area contributed by atoms with Crippen molar-refractivity contribution >= 4 is 5.91 Å². The molecular weight excluding hydrogens is 240 g/mol. The predicted octanol–water partition coefficient (Wildman–Crippen LogP) is 1.45. The zero-order chi connectivity index (χ0) is 13.3. The van der Waals surface area contributed by atoms with Crippen LogP contribution in [-0.2, 0) is 9.53 Å². The van der Waals surface area contributed by atoms with E-state index in [1.54, 1.807) is 7.11 Å². The predicted molar refractivity (Wildman–Crippen MR) is 73.9 cm³/mol. The minimum Gasteiger partial charge on any atom is -0.382 e. The molecule has 1 spiro atoms. The van der Waals surface area contributed by atoms with Crippen LogP contribution in [0.5, 0.6) is 0 Å². The highest BCUT2D eigenvalue weighted by atomic mass is 16.5. The van der Waals surface area contributed by atoms with Gasteiger partial charge in [0.15, 0.2) is 0 Å². The summed E-state index contributed by atoms with van der Waals surface area (Å²) in [7, 11) is 1.73. The molecule has 0 radical (unpaired) electrons. The third-order valence-corrected chi connectivity index (χ3v) is 5.48. The zero-order valence-electron chi connectivity index (χ0n) is 12.0. The Kier molecular flexibility index (Phi) is 3.56. The smallest absolute Gasteiger partial charge is 0.224 e. The van der Waals surface area contributed by atoms with Crippen LogP contribution in [-0.4, -0.2) is 38.3 Å². The highest BCUT2D eigenvalue weighted by Crippen LogP contribution is 2.58. The zero-order valence-corrected chi connectivity index (χ0v) is 12.0. The molecule has 0 bridgehead atoms. The second-order valence-corrected chi connectivity index (χ2v) is 6.78. The van der Waals surface area contributed by atoms with E-state index in [9.17, 15) is 4.79 Å². The van der Waals surface area contributed by atoms with Crippen molar-refractivity contribution in [3.8, 4) is 0 Å². The SMILES string of the molecule is COCC1(NC(=O)[C@H]2CC23CCNCC3)CCCC1. The fourth-order valence-corrected chi connectivity index (χ4v) is 4.18. The number of hydrogen-bond acceptors (Lipinski definition) is 3. The van der Waals surface area contributed by atoms with Crippen molar-refractivity contribution in [1.82, 2.24) is 10.6 Å². The van der Waals surface area contributed by atoms with Gasteiger partial charge in [-0.25, -0.2) is 0 Å². The van der Waals surface area contributed by atoms with Crippen LogP contribution in [0.2, 0.25) is 0 Å². The van der Waals surface area contributed by atoms with E-state index < -0.39 is 0 Å². The number of piperidine rings is 1. The van der Waals surface area contributed by atoms with Gasteiger partial charge in [-0.15, -0.1) is 0 Å². The number of rotatable bonds is 4. The molecule has 0 aromatic carbocycles. The van der Waals surface area contributed by atoms with Gasteiger partial charge in [0.1, 0.15) is 0 Å². The third-order valence-electron chi connectivity index (χ3n) is 5.48. The Labute approximate surface area is 115 Å². The molecule has 2 saturated carbocycles. The monoisotopic (exact) mass is 266 g/mol. The van der Waals surface area contributed by atoms with Gasteiger partial charge < -0.3 is 15.4 Å². The van der Waals surface area contributed by atoms with Gasteiger partial charge in [-0.3, -0.25) is 4.79 Å². The van der Waals surface area contributed by atoms with Crippen molar-refractivity contribution in [3.63, 3.8) is 0 Å². The average molecular weight is 266 g/mol. The summed E-state index contributed by atoms with van der Waals surface area (Å²) in [5, 5.41) is 6.73. The Hall–Kier alpha value is -0.610. The molecule has 3 fully saturated rings. The third kappa shape index (κ3) is 2.52. The van der Waals surface area contributed by atoms with Gasteiger partial charge in [-0.1, -0.05) is 12.8 Å². The second-order valence-electron chi connectivity index (χ2n) is 6.78. The van der Waals surface area contributed by atoms with Crippen molar-refractivity contribution < 1.29 is 9.53 Å². The first kappa shape index (κ1) is 13.4. The molecule has 0 unspecified atom stereocenters. The largest absolute Gasteiger partial charge is 0.382 e. The molecule has 0 aromatic heterocycles. The van der Waals surface area contributed by atoms with E-state index >= 15 is 0 Å². The fraction of sp³-hybridized carbons (Fsp3) is 0.933. The molecule has 4 nitrogen and oxygen atoms in total. The van der Waals surface area contributed by atoms with Gasteiger partial charge in [0.05, 0.1) is 12.1 Å². The van der Waals surface area contributed by atoms with Crippen molar-refractivity contribution in [2.24, 2.45) is 11.3 Å². The number of nitrogens with one attached hydrogen (secondary N) is 2. The summed E-state index contributed by atoms with van der Waals surface area (Å²) >= 11 is 0. The normalized spacial score (nSPS) is 31.3. The van der Waals surface area contributed by atoms with E-state index in [2.05, 4.69) is 10.6 Å². The first-order valence-corrected chi connectivity index (χ1v) is 7.72. The quantitative estimate of drug-likeness (QED) is 0.810. The molecule has 1 heterocycles. The minimum atomic E-state index is -0.0669. The minimum absolute atomic E-state index is 0.0669. The maximum atomic E-state index is 12.5. The maximum absolute atomic E-state index is 12.5. The summed E-state index contributed by atoms with van der Waals surface area (Å²) < 4.78 is 5.34. The molecule has 1 saturated heterocycles. The number of hydrogen-bond donors (Lipinski definition) is 2. The number of carbonyl (C=O) groups is 1. The molecular formula is C15H26N2O2. The van der Waals surface area contributed by atoms with Gasteiger partial charge >= 0.3 is 0 Å². The number of ether oxygens (including phenoxy) is 1. The second kappa shape index (κ2) is 5.06. The molecule has 3 aliphatic rings. The highest BCUT2D eigenvalue weighted by Gasteiger charge is 2.58. The lowest BCUT2D eigenvalue weighted by atomic mass is 9.91. The summed E-state index contributed by atoms with van der Waals surface area (Å²) in [5.41, 5.74) is 0.269. The summed E-state index contributed by atoms with van der Waals surface area (Å²) in [4.78, 5) is 12.5. The lowest BCUT2D eigenvalue weighted by Gasteiger charge is -2.30. The Bertz CT molecular complexity index is 344. The molecule has 2 N–H and O–H groups in total. The molecule has 19 heavy (non-hydrogen) atoms. The number of methoxy groups -OCH3 is 1. The van der Waals surface area contributed by atoms with Crippen LogP contribution in [0, 0.1) is 11.3 Å². The van der Waals surface area contributed by atoms with Crippen molar-refractivity contribution in [2.45, 2.75) is 50.5 Å². The van der Waals surface area contributed by atoms with E-state index in [1.165, 1.54) is 25.7 Å². The topological polar surface area (TPSA) is 50.4 Å². The van der Waals surface area contributed by atoms with E-state index in [0.29, 0.717) is 17.9 Å². The van der Waals surface area contributed by atoms with Gasteiger partial charge in [0.25, 0.3) is 0 Å². The van der Waals surface area contributed by atoms with Gasteiger partial charge in [0, 0.05) is 13.0 Å². The van der Waals surface area contributed by atoms with Crippen LogP contribution in [0.15, 0.2) is 0 Å². The van der Waals surface area contributed by atoms with Crippen LogP contribution in [0.25, 0.3) is 0 Å². The summed E-state index contributed by atoms with van der Waals surface area (Å²) in [5.74, 6) is 0.560. The van der Waals surface area contributed by atoms with Crippen molar-refractivity contribution in [1.29, 1.82) is 0 Å². The van der Waals surface area contributed by atoms with E-state index in [4.69, 9.17) is 4.74 Å². The molecule has 2 aliphatic carbocycles. The Morgan fingerprint density at radius 3 is 2.58 bits per heavy atom. The Balaban J connectivity index is 1.59. The lowest BCUT2D eigenvalue weighted by Crippen LogP contribution is -2.51. The van der Waals surface area contributed by atoms with Crippen molar-refractivity contribution in [3.05, 3.63) is 0 Å². The Morgan fingerprint density at radius 1 is 1.26 bits per heavy atom. The van der Waals surface area contributed by atoms with Gasteiger partial charge in [-0.05, 0) is 50.6 Å². The van der Waals surface area contributed by atoms with E-state index in [-0.39, 0.29) is 11.5 Å². The van der Waals surface area contributed by atoms with Crippen LogP contribution in [0.3, 0.4) is 0 Å². The number of amides is 1. The molecule has 4 heteroatoms. The summed E-state index contributed by atoms with van der Waals surface area (Å²) in [6.07, 6.45) is 8.02. The van der Waals surface area contributed by atoms with Crippen LogP contribution < -0.4 is 10.6 Å². The van der Waals surface area contributed by atoms with E-state index in [1.807, 2.05) is 0 Å². The standard InChI is InChI=1S/C15H26N2O2/c1-19-11-15(4-2-3-5-15)17-13(18)12-10-14(12)6-8-16-9-7-14/h12,16H,2-11H2,1H3,(H,17,18)/t12-/m1/s1. The summed E-state index contributed by atoms with van der Waals surface area (Å²) in [6.45, 7) is 2.82. The number of carbonyl (C=O) groups excluding carboxylic acids is 1. The van der Waals surface area contributed by atoms with Gasteiger partial charge in [0.2, 0.25) is 5.91 Å². The first-order valence-electron chi connectivity index (χ1n) is 7.72. The van der Waals surface area contributed by atoms with Crippen LogP contribution >= 0.6 is 0 Å². The highest BCUT2D eigenvalue weighted by molar-refractivity contribution is 5.83. The maximum Gasteiger partial charge on any atom is 0.224 e. The Morgan fingerprint density at radius 2 is 1.95 bits per heavy atom. The molecule has 108 valence electrons. The lowest BCUT2D eigenvalue weighted by molar-refractivity contribution is -0.126. The molecule has 1 aliphatic heterocycles. The van der Waals surface area contributed by atoms with Crippen molar-refractivity contribution in [2.75, 3.05) is 26.8 Å². The van der Waals surface area contributed by atoms with Crippen LogP contribution in [0.4, 0.5) is 0 Å². The van der Waals surface area contributed by atoms with Gasteiger partial charge in [-0.2, -0.15) is 0 Å². The molecule has 1 amide bonds. The average Bonchev–Trinajstić information content (AvgIpc) is 2.90. The van der Waals surface area contributed by atoms with Crippen LogP contribution in [0.1, 0.15) is 44.9 Å². The molecule has 0 aromatic rings.